The molecule has 0 aromatic heterocycles. The number of nitrogens with one attached hydrogen (secondary N) is 2. The second kappa shape index (κ2) is 20.8. The smallest absolute Gasteiger partial charge is 0.264 e. The SMILES string of the molecule is CCCCCCCCCCCCCCCCCC(=O)N[NH+](C)C.[Cl-]. The molecule has 0 aliphatic rings. The van der Waals surface area contributed by atoms with Gasteiger partial charge in [0.05, 0.1) is 14.1 Å². The minimum atomic E-state index is 0. The monoisotopic (exact) mass is 362 g/mol. The first kappa shape index (κ1) is 26.0. The molecule has 0 saturated carbocycles. The van der Waals surface area contributed by atoms with Gasteiger partial charge in [0.2, 0.25) is 0 Å². The minimum Gasteiger partial charge on any atom is -1.00 e. The summed E-state index contributed by atoms with van der Waals surface area (Å²) in [6.45, 7) is 2.28. The number of amides is 1. The van der Waals surface area contributed by atoms with Crippen molar-refractivity contribution in [2.45, 2.75) is 110 Å². The van der Waals surface area contributed by atoms with Crippen LogP contribution in [0.5, 0.6) is 0 Å². The fourth-order valence-electron chi connectivity index (χ4n) is 3.00. The fraction of sp³-hybridized carbons (Fsp3) is 0.950. The van der Waals surface area contributed by atoms with E-state index < -0.39 is 0 Å². The molecule has 0 aliphatic carbocycles. The lowest BCUT2D eigenvalue weighted by atomic mass is 10.0. The maximum Gasteiger partial charge on any atom is 0.264 e. The normalized spacial score (nSPS) is 10.7. The lowest BCUT2D eigenvalue weighted by Crippen LogP contribution is -3.13. The van der Waals surface area contributed by atoms with Gasteiger partial charge in [0, 0.05) is 6.42 Å². The molecule has 0 unspecified atom stereocenters. The van der Waals surface area contributed by atoms with E-state index in [1.54, 1.807) is 0 Å². The maximum atomic E-state index is 11.5. The molecule has 0 saturated heterocycles. The van der Waals surface area contributed by atoms with Gasteiger partial charge in [-0.15, -0.1) is 0 Å². The van der Waals surface area contributed by atoms with E-state index in [0.29, 0.717) is 6.42 Å². The Balaban J connectivity index is 0. The van der Waals surface area contributed by atoms with Crippen molar-refractivity contribution >= 4 is 5.91 Å². The highest BCUT2D eigenvalue weighted by Crippen LogP contribution is 2.13. The molecule has 2 N–H and O–H groups in total. The molecule has 0 atom stereocenters. The van der Waals surface area contributed by atoms with Gasteiger partial charge in [-0.2, -0.15) is 0 Å². The van der Waals surface area contributed by atoms with Crippen LogP contribution in [0, 0.1) is 0 Å². The number of halogens is 1. The van der Waals surface area contributed by atoms with Crippen molar-refractivity contribution in [2.75, 3.05) is 14.1 Å². The molecular weight excluding hydrogens is 320 g/mol. The van der Waals surface area contributed by atoms with Gasteiger partial charge in [-0.05, 0) is 6.42 Å². The predicted octanol–water partition coefficient (Wildman–Crippen LogP) is 1.43. The van der Waals surface area contributed by atoms with Crippen LogP contribution in [-0.4, -0.2) is 20.0 Å². The van der Waals surface area contributed by atoms with E-state index >= 15 is 0 Å². The first-order chi connectivity index (χ1) is 11.2. The maximum absolute atomic E-state index is 11.5. The number of carbonyl (C=O) groups excluding carboxylic acids is 1. The van der Waals surface area contributed by atoms with Crippen LogP contribution in [0.15, 0.2) is 0 Å². The van der Waals surface area contributed by atoms with Crippen molar-refractivity contribution in [1.82, 2.24) is 5.43 Å². The first-order valence-corrected chi connectivity index (χ1v) is 10.3. The molecule has 0 aromatic rings. The van der Waals surface area contributed by atoms with Crippen molar-refractivity contribution < 1.29 is 22.2 Å². The quantitative estimate of drug-likeness (QED) is 0.298. The van der Waals surface area contributed by atoms with E-state index in [9.17, 15) is 4.79 Å². The van der Waals surface area contributed by atoms with Gasteiger partial charge in [-0.25, -0.2) is 10.4 Å². The van der Waals surface area contributed by atoms with Gasteiger partial charge in [0.1, 0.15) is 0 Å². The summed E-state index contributed by atoms with van der Waals surface area (Å²) in [7, 11) is 3.87. The number of hydrogen-bond acceptors (Lipinski definition) is 1. The molecule has 0 aliphatic heterocycles. The molecule has 0 bridgehead atoms. The molecule has 0 spiro atoms. The third kappa shape index (κ3) is 21.7. The highest BCUT2D eigenvalue weighted by Gasteiger charge is 2.03. The molecule has 1 amide bonds. The summed E-state index contributed by atoms with van der Waals surface area (Å²) >= 11 is 0. The number of unbranched alkanes of at least 4 members (excludes halogenated alkanes) is 14. The summed E-state index contributed by atoms with van der Waals surface area (Å²) < 4.78 is 0. The van der Waals surface area contributed by atoms with Crippen molar-refractivity contribution in [3.05, 3.63) is 0 Å². The Morgan fingerprint density at radius 1 is 0.667 bits per heavy atom. The molecular formula is C20H43ClN2O. The summed E-state index contributed by atoms with van der Waals surface area (Å²) in [4.78, 5) is 11.5. The number of rotatable bonds is 17. The molecule has 0 fully saturated rings. The van der Waals surface area contributed by atoms with Crippen LogP contribution in [0.1, 0.15) is 110 Å². The molecule has 0 aromatic carbocycles. The average Bonchev–Trinajstić information content (AvgIpc) is 2.50. The largest absolute Gasteiger partial charge is 1.00 e. The van der Waals surface area contributed by atoms with E-state index in [4.69, 9.17) is 0 Å². The van der Waals surface area contributed by atoms with Crippen LogP contribution < -0.4 is 22.8 Å². The van der Waals surface area contributed by atoms with Gasteiger partial charge in [-0.1, -0.05) is 96.8 Å². The molecule has 3 nitrogen and oxygen atoms in total. The van der Waals surface area contributed by atoms with Crippen molar-refractivity contribution in [3.63, 3.8) is 0 Å². The van der Waals surface area contributed by atoms with E-state index in [2.05, 4.69) is 12.3 Å². The third-order valence-corrected chi connectivity index (χ3v) is 4.40. The van der Waals surface area contributed by atoms with Crippen molar-refractivity contribution in [3.8, 4) is 0 Å². The van der Waals surface area contributed by atoms with E-state index in [-0.39, 0.29) is 18.3 Å². The average molecular weight is 363 g/mol. The number of carbonyl (C=O) groups is 1. The summed E-state index contributed by atoms with van der Waals surface area (Å²) in [5.74, 6) is 0.180. The van der Waals surface area contributed by atoms with E-state index in [1.165, 1.54) is 89.9 Å². The Bertz CT molecular complexity index is 260. The Morgan fingerprint density at radius 3 is 1.33 bits per heavy atom. The Kier molecular flexibility index (Phi) is 22.5. The zero-order valence-corrected chi connectivity index (χ0v) is 17.4. The highest BCUT2D eigenvalue weighted by molar-refractivity contribution is 5.74. The van der Waals surface area contributed by atoms with Gasteiger partial charge >= 0.3 is 0 Å². The lowest BCUT2D eigenvalue weighted by molar-refractivity contribution is -0.896. The Morgan fingerprint density at radius 2 is 1.00 bits per heavy atom. The highest BCUT2D eigenvalue weighted by atomic mass is 35.5. The van der Waals surface area contributed by atoms with Crippen LogP contribution in [0.2, 0.25) is 0 Å². The molecule has 0 radical (unpaired) electrons. The summed E-state index contributed by atoms with van der Waals surface area (Å²) in [5.41, 5.74) is 2.87. The Hall–Kier alpha value is -0.280. The van der Waals surface area contributed by atoms with Crippen LogP contribution in [-0.2, 0) is 4.79 Å². The van der Waals surface area contributed by atoms with Gasteiger partial charge in [0.15, 0.2) is 0 Å². The summed E-state index contributed by atoms with van der Waals surface area (Å²) in [6, 6.07) is 0. The zero-order valence-electron chi connectivity index (χ0n) is 16.6. The molecule has 146 valence electrons. The molecule has 0 rings (SSSR count). The first-order valence-electron chi connectivity index (χ1n) is 10.3. The summed E-state index contributed by atoms with van der Waals surface area (Å²) in [6.07, 6.45) is 21.2. The fourth-order valence-corrected chi connectivity index (χ4v) is 3.00. The predicted molar refractivity (Wildman–Crippen MR) is 100 cm³/mol. The third-order valence-electron chi connectivity index (χ3n) is 4.40. The number of hydrogen-bond donors (Lipinski definition) is 2. The molecule has 0 heterocycles. The van der Waals surface area contributed by atoms with Gasteiger partial charge < -0.3 is 12.4 Å². The zero-order chi connectivity index (χ0) is 17.2. The van der Waals surface area contributed by atoms with Crippen LogP contribution in [0.3, 0.4) is 0 Å². The van der Waals surface area contributed by atoms with Crippen molar-refractivity contribution in [1.29, 1.82) is 0 Å². The standard InChI is InChI=1S/C20H42N2O.ClH/c1-4-5-6-7-8-9-10-11-12-13-14-15-16-17-18-19-20(23)21-22(2)3;/h4-19H2,1-3H3,(H,21,23);1H. The van der Waals surface area contributed by atoms with Crippen LogP contribution >= 0.6 is 0 Å². The minimum absolute atomic E-state index is 0. The van der Waals surface area contributed by atoms with Crippen LogP contribution in [0.25, 0.3) is 0 Å². The van der Waals surface area contributed by atoms with E-state index in [1.807, 2.05) is 14.1 Å². The van der Waals surface area contributed by atoms with E-state index in [0.717, 1.165) is 11.4 Å². The van der Waals surface area contributed by atoms with Gasteiger partial charge in [0.25, 0.3) is 5.91 Å². The van der Waals surface area contributed by atoms with Crippen molar-refractivity contribution in [2.24, 2.45) is 0 Å². The molecule has 24 heavy (non-hydrogen) atoms. The second-order valence-electron chi connectivity index (χ2n) is 7.25. The second-order valence-corrected chi connectivity index (χ2v) is 7.25. The molecule has 4 heteroatoms. The topological polar surface area (TPSA) is 33.5 Å². The van der Waals surface area contributed by atoms with Crippen LogP contribution in [0.4, 0.5) is 0 Å². The summed E-state index contributed by atoms with van der Waals surface area (Å²) in [5, 5.41) is 0.996. The van der Waals surface area contributed by atoms with Gasteiger partial charge in [-0.3, -0.25) is 4.79 Å². The number of quaternary nitrogens is 1. The Labute approximate surface area is 157 Å². The lowest BCUT2D eigenvalue weighted by Gasteiger charge is -2.08.